The number of carbonyl (C=O) groups excluding carboxylic acids is 1. The third-order valence-corrected chi connectivity index (χ3v) is 6.72. The topological polar surface area (TPSA) is 88.2 Å². The van der Waals surface area contributed by atoms with Crippen molar-refractivity contribution in [3.05, 3.63) is 42.5 Å². The standard InChI is InChI=1S/C22H27N3O5S/c1-16(22(26)23-17-5-7-18(8-6-17)24-11-3-4-12-24)25(31(2,27)28)19-9-10-20-21(15-19)30-14-13-29-20/h5-10,15-16H,3-4,11-14H2,1-2H3,(H,23,26)/t16-/m1/s1. The van der Waals surface area contributed by atoms with Crippen LogP contribution in [0.1, 0.15) is 19.8 Å². The molecule has 0 aliphatic carbocycles. The van der Waals surface area contributed by atoms with Gasteiger partial charge in [0.25, 0.3) is 0 Å². The van der Waals surface area contributed by atoms with Crippen LogP contribution in [0.3, 0.4) is 0 Å². The highest BCUT2D eigenvalue weighted by Gasteiger charge is 2.30. The molecule has 2 aliphatic rings. The smallest absolute Gasteiger partial charge is 0.247 e. The average molecular weight is 446 g/mol. The van der Waals surface area contributed by atoms with Crippen LogP contribution in [0.25, 0.3) is 0 Å². The van der Waals surface area contributed by atoms with Crippen LogP contribution in [0.2, 0.25) is 0 Å². The number of fused-ring (bicyclic) bond motifs is 1. The number of sulfonamides is 1. The molecule has 0 spiro atoms. The molecule has 1 amide bonds. The first kappa shape index (κ1) is 21.3. The number of hydrogen-bond donors (Lipinski definition) is 1. The third-order valence-electron chi connectivity index (χ3n) is 5.47. The second-order valence-electron chi connectivity index (χ2n) is 7.79. The van der Waals surface area contributed by atoms with Gasteiger partial charge >= 0.3 is 0 Å². The highest BCUT2D eigenvalue weighted by Crippen LogP contribution is 2.35. The highest BCUT2D eigenvalue weighted by atomic mass is 32.2. The summed E-state index contributed by atoms with van der Waals surface area (Å²) in [6.45, 7) is 4.48. The average Bonchev–Trinajstić information content (AvgIpc) is 3.28. The zero-order valence-electron chi connectivity index (χ0n) is 17.7. The maximum absolute atomic E-state index is 12.9. The number of benzene rings is 2. The van der Waals surface area contributed by atoms with Crippen LogP contribution in [-0.2, 0) is 14.8 Å². The van der Waals surface area contributed by atoms with Crippen molar-refractivity contribution in [2.45, 2.75) is 25.8 Å². The van der Waals surface area contributed by atoms with E-state index in [1.807, 2.05) is 24.3 Å². The van der Waals surface area contributed by atoms with E-state index in [1.165, 1.54) is 12.8 Å². The summed E-state index contributed by atoms with van der Waals surface area (Å²) >= 11 is 0. The summed E-state index contributed by atoms with van der Waals surface area (Å²) in [5.74, 6) is 0.593. The molecule has 8 nitrogen and oxygen atoms in total. The van der Waals surface area contributed by atoms with Crippen molar-refractivity contribution in [1.29, 1.82) is 0 Å². The zero-order valence-corrected chi connectivity index (χ0v) is 18.5. The lowest BCUT2D eigenvalue weighted by Crippen LogP contribution is -2.45. The molecule has 1 atom stereocenters. The number of nitrogens with zero attached hydrogens (tertiary/aromatic N) is 2. The van der Waals surface area contributed by atoms with E-state index in [0.29, 0.717) is 36.1 Å². The lowest BCUT2D eigenvalue weighted by molar-refractivity contribution is -0.116. The molecular formula is C22H27N3O5S. The van der Waals surface area contributed by atoms with Crippen LogP contribution in [0.4, 0.5) is 17.1 Å². The monoisotopic (exact) mass is 445 g/mol. The summed E-state index contributed by atoms with van der Waals surface area (Å²) in [7, 11) is -3.73. The Balaban J connectivity index is 1.52. The van der Waals surface area contributed by atoms with Crippen LogP contribution in [0, 0.1) is 0 Å². The van der Waals surface area contributed by atoms with Crippen molar-refractivity contribution in [2.75, 3.05) is 47.1 Å². The van der Waals surface area contributed by atoms with E-state index in [-0.39, 0.29) is 0 Å². The largest absolute Gasteiger partial charge is 0.486 e. The van der Waals surface area contributed by atoms with Crippen LogP contribution >= 0.6 is 0 Å². The van der Waals surface area contributed by atoms with Gasteiger partial charge in [-0.3, -0.25) is 9.10 Å². The number of carbonyl (C=O) groups is 1. The molecular weight excluding hydrogens is 418 g/mol. The Morgan fingerprint density at radius 1 is 1.03 bits per heavy atom. The van der Waals surface area contributed by atoms with Crippen LogP contribution < -0.4 is 24.0 Å². The summed E-state index contributed by atoms with van der Waals surface area (Å²) < 4.78 is 37.3. The molecule has 166 valence electrons. The van der Waals surface area contributed by atoms with Gasteiger partial charge in [-0.05, 0) is 56.2 Å². The van der Waals surface area contributed by atoms with Gasteiger partial charge in [0.15, 0.2) is 11.5 Å². The van der Waals surface area contributed by atoms with Crippen LogP contribution in [0.5, 0.6) is 11.5 Å². The minimum absolute atomic E-state index is 0.346. The minimum Gasteiger partial charge on any atom is -0.486 e. The third kappa shape index (κ3) is 4.71. The van der Waals surface area contributed by atoms with E-state index in [9.17, 15) is 13.2 Å². The molecule has 2 aromatic rings. The van der Waals surface area contributed by atoms with Gasteiger partial charge in [0, 0.05) is 30.5 Å². The molecule has 0 radical (unpaired) electrons. The van der Waals surface area contributed by atoms with E-state index in [4.69, 9.17) is 9.47 Å². The summed E-state index contributed by atoms with van der Waals surface area (Å²) in [5.41, 5.74) is 2.09. The first-order valence-electron chi connectivity index (χ1n) is 10.4. The maximum atomic E-state index is 12.9. The Bertz CT molecular complexity index is 1050. The lowest BCUT2D eigenvalue weighted by Gasteiger charge is -2.29. The molecule has 1 N–H and O–H groups in total. The number of nitrogens with one attached hydrogen (secondary N) is 1. The maximum Gasteiger partial charge on any atom is 0.247 e. The van der Waals surface area contributed by atoms with Gasteiger partial charge in [-0.25, -0.2) is 8.42 Å². The minimum atomic E-state index is -3.73. The van der Waals surface area contributed by atoms with Crippen LogP contribution in [-0.4, -0.2) is 52.9 Å². The Morgan fingerprint density at radius 3 is 2.32 bits per heavy atom. The number of ether oxygens (including phenoxy) is 2. The molecule has 1 fully saturated rings. The number of anilines is 3. The molecule has 31 heavy (non-hydrogen) atoms. The highest BCUT2D eigenvalue weighted by molar-refractivity contribution is 7.92. The summed E-state index contributed by atoms with van der Waals surface area (Å²) in [4.78, 5) is 15.2. The molecule has 0 unspecified atom stereocenters. The van der Waals surface area contributed by atoms with E-state index >= 15 is 0 Å². The Labute approximate surface area is 182 Å². The van der Waals surface area contributed by atoms with Crippen molar-refractivity contribution in [2.24, 2.45) is 0 Å². The molecule has 4 rings (SSSR count). The van der Waals surface area contributed by atoms with E-state index in [2.05, 4.69) is 10.2 Å². The fraction of sp³-hybridized carbons (Fsp3) is 0.409. The summed E-state index contributed by atoms with van der Waals surface area (Å²) in [6.07, 6.45) is 3.47. The van der Waals surface area contributed by atoms with Gasteiger partial charge < -0.3 is 19.7 Å². The number of rotatable bonds is 6. The molecule has 2 heterocycles. The second-order valence-corrected chi connectivity index (χ2v) is 9.65. The molecule has 0 bridgehead atoms. The van der Waals surface area contributed by atoms with Crippen molar-refractivity contribution in [3.63, 3.8) is 0 Å². The normalized spacial score (nSPS) is 16.6. The first-order chi connectivity index (χ1) is 14.8. The van der Waals surface area contributed by atoms with E-state index in [1.54, 1.807) is 25.1 Å². The van der Waals surface area contributed by atoms with Crippen molar-refractivity contribution >= 4 is 33.0 Å². The lowest BCUT2D eigenvalue weighted by atomic mass is 10.2. The van der Waals surface area contributed by atoms with Gasteiger partial charge in [-0.1, -0.05) is 0 Å². The Kier molecular flexibility index (Phi) is 5.95. The van der Waals surface area contributed by atoms with Gasteiger partial charge in [0.2, 0.25) is 15.9 Å². The van der Waals surface area contributed by atoms with Crippen molar-refractivity contribution in [3.8, 4) is 11.5 Å². The molecule has 2 aromatic carbocycles. The predicted molar refractivity (Wildman–Crippen MR) is 121 cm³/mol. The summed E-state index contributed by atoms with van der Waals surface area (Å²) in [5, 5.41) is 2.82. The predicted octanol–water partition coefficient (Wildman–Crippen LogP) is 2.85. The second kappa shape index (κ2) is 8.66. The first-order valence-corrected chi connectivity index (χ1v) is 12.2. The Morgan fingerprint density at radius 2 is 1.68 bits per heavy atom. The van der Waals surface area contributed by atoms with Crippen molar-refractivity contribution in [1.82, 2.24) is 0 Å². The number of amides is 1. The van der Waals surface area contributed by atoms with Gasteiger partial charge in [-0.15, -0.1) is 0 Å². The quantitative estimate of drug-likeness (QED) is 0.736. The van der Waals surface area contributed by atoms with Gasteiger partial charge in [0.05, 0.1) is 11.9 Å². The SMILES string of the molecule is C[C@H](C(=O)Nc1ccc(N2CCCC2)cc1)N(c1ccc2c(c1)OCCO2)S(C)(=O)=O. The summed E-state index contributed by atoms with van der Waals surface area (Å²) in [6, 6.07) is 11.5. The molecule has 2 aliphatic heterocycles. The van der Waals surface area contributed by atoms with Gasteiger partial charge in [-0.2, -0.15) is 0 Å². The molecule has 0 aromatic heterocycles. The fourth-order valence-corrected chi connectivity index (χ4v) is 5.12. The zero-order chi connectivity index (χ0) is 22.0. The molecule has 0 saturated carbocycles. The molecule has 1 saturated heterocycles. The van der Waals surface area contributed by atoms with E-state index < -0.39 is 22.0 Å². The van der Waals surface area contributed by atoms with Gasteiger partial charge in [0.1, 0.15) is 19.3 Å². The van der Waals surface area contributed by atoms with Crippen LogP contribution in [0.15, 0.2) is 42.5 Å². The Hall–Kier alpha value is -2.94. The number of hydrogen-bond acceptors (Lipinski definition) is 6. The molecule has 9 heteroatoms. The fourth-order valence-electron chi connectivity index (χ4n) is 3.96. The van der Waals surface area contributed by atoms with Crippen molar-refractivity contribution < 1.29 is 22.7 Å². The van der Waals surface area contributed by atoms with E-state index in [0.717, 1.165) is 29.3 Å².